The number of carbonyl (C=O) groups is 1. The number of ether oxygens (including phenoxy) is 1. The van der Waals surface area contributed by atoms with E-state index in [1.807, 2.05) is 18.3 Å². The molecule has 1 aliphatic carbocycles. The monoisotopic (exact) mass is 357 g/mol. The first-order chi connectivity index (χ1) is 12.7. The fourth-order valence-corrected chi connectivity index (χ4v) is 4.43. The van der Waals surface area contributed by atoms with Crippen LogP contribution in [0.5, 0.6) is 0 Å². The summed E-state index contributed by atoms with van der Waals surface area (Å²) in [5.41, 5.74) is 1.66. The van der Waals surface area contributed by atoms with Crippen LogP contribution in [0.25, 0.3) is 0 Å². The highest BCUT2D eigenvalue weighted by molar-refractivity contribution is 5.92. The number of Topliss-reactive ketones (excluding diaryl/α,β-unsaturated/α-hetero) is 1. The zero-order valence-electron chi connectivity index (χ0n) is 15.9. The molecule has 2 saturated heterocycles. The topological polar surface area (TPSA) is 45.7 Å². The van der Waals surface area contributed by atoms with Crippen LogP contribution in [0.4, 0.5) is 5.69 Å². The second-order valence-electron chi connectivity index (χ2n) is 8.10. The van der Waals surface area contributed by atoms with E-state index in [9.17, 15) is 4.79 Å². The zero-order valence-corrected chi connectivity index (χ0v) is 15.9. The summed E-state index contributed by atoms with van der Waals surface area (Å²) in [6.07, 6.45) is 11.5. The number of nitrogens with zero attached hydrogens (tertiary/aromatic N) is 3. The highest BCUT2D eigenvalue weighted by Gasteiger charge is 2.30. The highest BCUT2D eigenvalue weighted by Crippen LogP contribution is 2.29. The van der Waals surface area contributed by atoms with E-state index in [4.69, 9.17) is 4.74 Å². The van der Waals surface area contributed by atoms with Crippen molar-refractivity contribution in [1.29, 1.82) is 0 Å². The normalized spacial score (nSPS) is 23.8. The van der Waals surface area contributed by atoms with E-state index in [-0.39, 0.29) is 5.78 Å². The molecule has 3 aliphatic rings. The molecule has 0 bridgehead atoms. The number of rotatable bonds is 5. The van der Waals surface area contributed by atoms with Gasteiger partial charge in [0, 0.05) is 39.1 Å². The average Bonchev–Trinajstić information content (AvgIpc) is 2.63. The summed E-state index contributed by atoms with van der Waals surface area (Å²) >= 11 is 0. The summed E-state index contributed by atoms with van der Waals surface area (Å²) in [4.78, 5) is 20.7. The van der Waals surface area contributed by atoms with Gasteiger partial charge in [0.05, 0.1) is 24.1 Å². The molecule has 142 valence electrons. The minimum atomic E-state index is 0.0204. The van der Waals surface area contributed by atoms with Crippen molar-refractivity contribution in [1.82, 2.24) is 9.88 Å². The van der Waals surface area contributed by atoms with Gasteiger partial charge in [-0.15, -0.1) is 0 Å². The molecule has 0 spiro atoms. The molecule has 5 heteroatoms. The number of pyridine rings is 1. The van der Waals surface area contributed by atoms with Gasteiger partial charge in [-0.05, 0) is 50.7 Å². The third-order valence-corrected chi connectivity index (χ3v) is 6.37. The number of ketones is 1. The van der Waals surface area contributed by atoms with Gasteiger partial charge in [0.2, 0.25) is 0 Å². The van der Waals surface area contributed by atoms with Crippen LogP contribution in [-0.2, 0) is 4.74 Å². The van der Waals surface area contributed by atoms with Gasteiger partial charge in [0.1, 0.15) is 5.69 Å². The molecular formula is C21H31N3O2. The van der Waals surface area contributed by atoms with Gasteiger partial charge < -0.3 is 14.5 Å². The lowest BCUT2D eigenvalue weighted by atomic mass is 9.89. The molecule has 3 fully saturated rings. The van der Waals surface area contributed by atoms with Crippen LogP contribution in [0, 0.1) is 0 Å². The number of piperidine rings is 2. The Morgan fingerprint density at radius 3 is 2.15 bits per heavy atom. The molecule has 1 saturated carbocycles. The molecule has 0 N–H and O–H groups in total. The van der Waals surface area contributed by atoms with Gasteiger partial charge in [-0.3, -0.25) is 9.78 Å². The molecule has 1 aromatic rings. The van der Waals surface area contributed by atoms with Crippen molar-refractivity contribution >= 4 is 11.5 Å². The Morgan fingerprint density at radius 2 is 1.65 bits per heavy atom. The van der Waals surface area contributed by atoms with Gasteiger partial charge in [-0.25, -0.2) is 0 Å². The molecule has 3 heterocycles. The summed E-state index contributed by atoms with van der Waals surface area (Å²) in [5.74, 6) is 0.0204. The molecule has 0 aromatic carbocycles. The van der Waals surface area contributed by atoms with Gasteiger partial charge >= 0.3 is 0 Å². The molecule has 5 nitrogen and oxygen atoms in total. The molecule has 0 amide bonds. The smallest absolute Gasteiger partial charge is 0.178 e. The Labute approximate surface area is 156 Å². The summed E-state index contributed by atoms with van der Waals surface area (Å²) in [7, 11) is 0. The second kappa shape index (κ2) is 8.05. The van der Waals surface area contributed by atoms with Crippen molar-refractivity contribution in [3.63, 3.8) is 0 Å². The predicted octanol–water partition coefficient (Wildman–Crippen LogP) is 3.29. The van der Waals surface area contributed by atoms with Crippen LogP contribution < -0.4 is 4.90 Å². The van der Waals surface area contributed by atoms with Gasteiger partial charge in [0.25, 0.3) is 0 Å². The van der Waals surface area contributed by atoms with Crippen LogP contribution in [-0.4, -0.2) is 60.1 Å². The first kappa shape index (κ1) is 17.9. The Hall–Kier alpha value is -1.46. The van der Waals surface area contributed by atoms with E-state index >= 15 is 0 Å². The first-order valence-electron chi connectivity index (χ1n) is 10.3. The molecule has 1 aromatic heterocycles. The number of hydrogen-bond donors (Lipinski definition) is 0. The molecule has 0 radical (unpaired) electrons. The summed E-state index contributed by atoms with van der Waals surface area (Å²) in [6.45, 7) is 6.02. The third kappa shape index (κ3) is 4.09. The molecule has 4 rings (SSSR count). The standard InChI is InChI=1S/C21H31N3O2/c1-16(25)21-6-5-18(15-22-21)24-13-9-20(10-14-24)26-19-7-11-23(12-8-19)17-3-2-4-17/h5-6,15,17,19-20H,2-4,7-14H2,1H3. The van der Waals surface area contributed by atoms with E-state index in [1.165, 1.54) is 45.2 Å². The second-order valence-corrected chi connectivity index (χ2v) is 8.10. The average molecular weight is 357 g/mol. The van der Waals surface area contributed by atoms with E-state index < -0.39 is 0 Å². The van der Waals surface area contributed by atoms with Crippen LogP contribution in [0.1, 0.15) is 62.4 Å². The SMILES string of the molecule is CC(=O)c1ccc(N2CCC(OC3CCN(C4CCC4)CC3)CC2)cn1. The molecule has 26 heavy (non-hydrogen) atoms. The Balaban J connectivity index is 1.21. The maximum absolute atomic E-state index is 11.3. The van der Waals surface area contributed by atoms with E-state index in [2.05, 4.69) is 14.8 Å². The molecular weight excluding hydrogens is 326 g/mol. The van der Waals surface area contributed by atoms with Crippen molar-refractivity contribution in [3.8, 4) is 0 Å². The lowest BCUT2D eigenvalue weighted by molar-refractivity contribution is -0.0598. The number of anilines is 1. The van der Waals surface area contributed by atoms with Crippen LogP contribution in [0.3, 0.4) is 0 Å². The predicted molar refractivity (Wildman–Crippen MR) is 103 cm³/mol. The van der Waals surface area contributed by atoms with Gasteiger partial charge in [-0.1, -0.05) is 6.42 Å². The minimum absolute atomic E-state index is 0.0204. The molecule has 0 unspecified atom stereocenters. The summed E-state index contributed by atoms with van der Waals surface area (Å²) < 4.78 is 6.43. The zero-order chi connectivity index (χ0) is 17.9. The van der Waals surface area contributed by atoms with Crippen LogP contribution in [0.2, 0.25) is 0 Å². The fourth-order valence-electron chi connectivity index (χ4n) is 4.43. The Morgan fingerprint density at radius 1 is 1.00 bits per heavy atom. The quantitative estimate of drug-likeness (QED) is 0.757. The summed E-state index contributed by atoms with van der Waals surface area (Å²) in [5, 5.41) is 0. The lowest BCUT2D eigenvalue weighted by Gasteiger charge is -2.43. The Kier molecular flexibility index (Phi) is 5.55. The van der Waals surface area contributed by atoms with Crippen molar-refractivity contribution in [2.45, 2.75) is 70.1 Å². The van der Waals surface area contributed by atoms with Gasteiger partial charge in [0.15, 0.2) is 5.78 Å². The number of carbonyl (C=O) groups excluding carboxylic acids is 1. The van der Waals surface area contributed by atoms with Crippen LogP contribution in [0.15, 0.2) is 18.3 Å². The molecule has 2 aliphatic heterocycles. The van der Waals surface area contributed by atoms with Crippen LogP contribution >= 0.6 is 0 Å². The number of hydrogen-bond acceptors (Lipinski definition) is 5. The summed E-state index contributed by atoms with van der Waals surface area (Å²) in [6, 6.07) is 4.72. The maximum atomic E-state index is 11.3. The Bertz CT molecular complexity index is 598. The third-order valence-electron chi connectivity index (χ3n) is 6.37. The number of likely N-dealkylation sites (tertiary alicyclic amines) is 1. The lowest BCUT2D eigenvalue weighted by Crippen LogP contribution is -2.47. The maximum Gasteiger partial charge on any atom is 0.178 e. The first-order valence-corrected chi connectivity index (χ1v) is 10.3. The fraction of sp³-hybridized carbons (Fsp3) is 0.714. The molecule has 0 atom stereocenters. The van der Waals surface area contributed by atoms with Crippen molar-refractivity contribution in [2.75, 3.05) is 31.1 Å². The van der Waals surface area contributed by atoms with Crippen molar-refractivity contribution in [2.24, 2.45) is 0 Å². The van der Waals surface area contributed by atoms with E-state index in [0.29, 0.717) is 17.9 Å². The van der Waals surface area contributed by atoms with Crippen molar-refractivity contribution in [3.05, 3.63) is 24.0 Å². The van der Waals surface area contributed by atoms with E-state index in [0.717, 1.165) is 37.7 Å². The van der Waals surface area contributed by atoms with E-state index in [1.54, 1.807) is 6.92 Å². The number of aromatic nitrogens is 1. The largest absolute Gasteiger partial charge is 0.375 e. The van der Waals surface area contributed by atoms with Crippen molar-refractivity contribution < 1.29 is 9.53 Å². The highest BCUT2D eigenvalue weighted by atomic mass is 16.5. The minimum Gasteiger partial charge on any atom is -0.375 e. The van der Waals surface area contributed by atoms with Gasteiger partial charge in [-0.2, -0.15) is 0 Å².